The van der Waals surface area contributed by atoms with E-state index in [-0.39, 0.29) is 31.3 Å². The second-order valence-electron chi connectivity index (χ2n) is 6.65. The Morgan fingerprint density at radius 2 is 1.81 bits per heavy atom. The molecule has 0 bridgehead atoms. The summed E-state index contributed by atoms with van der Waals surface area (Å²) in [6, 6.07) is 5.26. The number of halogens is 1. The van der Waals surface area contributed by atoms with Gasteiger partial charge in [0.2, 0.25) is 5.91 Å². The normalized spacial score (nSPS) is 13.0. The predicted octanol–water partition coefficient (Wildman–Crippen LogP) is 2.24. The second kappa shape index (κ2) is 8.70. The zero-order chi connectivity index (χ0) is 19.2. The first-order chi connectivity index (χ1) is 13.0. The molecule has 1 aliphatic rings. The highest BCUT2D eigenvalue weighted by molar-refractivity contribution is 5.94. The Morgan fingerprint density at radius 3 is 2.59 bits per heavy atom. The Balaban J connectivity index is 1.44. The van der Waals surface area contributed by atoms with Gasteiger partial charge in [-0.15, -0.1) is 0 Å². The molecule has 1 aliphatic carbocycles. The lowest BCUT2D eigenvalue weighted by Crippen LogP contribution is -2.31. The maximum atomic E-state index is 12.9. The summed E-state index contributed by atoms with van der Waals surface area (Å²) in [6.07, 6.45) is 4.47. The summed E-state index contributed by atoms with van der Waals surface area (Å²) in [7, 11) is 0. The number of carbonyl (C=O) groups excluding carboxylic acids is 2. The van der Waals surface area contributed by atoms with Crippen LogP contribution in [0.2, 0.25) is 0 Å². The van der Waals surface area contributed by atoms with Crippen LogP contribution in [0.5, 0.6) is 0 Å². The minimum atomic E-state index is -0.398. The molecule has 27 heavy (non-hydrogen) atoms. The van der Waals surface area contributed by atoms with E-state index in [0.717, 1.165) is 30.7 Å². The number of aryl methyl sites for hydroxylation is 2. The third-order valence-corrected chi connectivity index (χ3v) is 4.62. The van der Waals surface area contributed by atoms with Crippen LogP contribution >= 0.6 is 0 Å². The molecule has 2 amide bonds. The van der Waals surface area contributed by atoms with Crippen LogP contribution in [-0.4, -0.2) is 28.3 Å². The molecule has 0 aliphatic heterocycles. The molecule has 2 aromatic rings. The Morgan fingerprint density at radius 1 is 1.07 bits per heavy atom. The van der Waals surface area contributed by atoms with E-state index in [9.17, 15) is 14.0 Å². The highest BCUT2D eigenvalue weighted by Crippen LogP contribution is 2.21. The summed E-state index contributed by atoms with van der Waals surface area (Å²) in [6.45, 7) is 2.47. The smallest absolute Gasteiger partial charge is 0.251 e. The number of fused-ring (bicyclic) bond motifs is 1. The number of carbonyl (C=O) groups is 2. The average molecular weight is 370 g/mol. The van der Waals surface area contributed by atoms with Crippen LogP contribution in [0.25, 0.3) is 0 Å². The van der Waals surface area contributed by atoms with Gasteiger partial charge in [-0.1, -0.05) is 0 Å². The molecule has 0 radical (unpaired) electrons. The summed E-state index contributed by atoms with van der Waals surface area (Å²) in [5.41, 5.74) is 3.70. The molecular weight excluding hydrogens is 347 g/mol. The largest absolute Gasteiger partial charge is 0.352 e. The first kappa shape index (κ1) is 18.9. The number of nitrogens with one attached hydrogen (secondary N) is 2. The third-order valence-electron chi connectivity index (χ3n) is 4.62. The standard InChI is InChI=1S/C20H23FN4O2/c1-13-16-4-2-3-5-17(16)25-18(24-13)12-23-19(26)10-11-22-20(27)14-6-8-15(21)9-7-14/h6-9H,2-5,10-12H2,1H3,(H,22,27)(H,23,26). The van der Waals surface area contributed by atoms with Crippen molar-refractivity contribution in [1.29, 1.82) is 0 Å². The van der Waals surface area contributed by atoms with Crippen LogP contribution < -0.4 is 10.6 Å². The van der Waals surface area contributed by atoms with E-state index in [2.05, 4.69) is 20.6 Å². The van der Waals surface area contributed by atoms with Crippen LogP contribution in [0.4, 0.5) is 4.39 Å². The molecule has 6 nitrogen and oxygen atoms in total. The quantitative estimate of drug-likeness (QED) is 0.817. The van der Waals surface area contributed by atoms with Crippen LogP contribution in [0.3, 0.4) is 0 Å². The van der Waals surface area contributed by atoms with Gasteiger partial charge < -0.3 is 10.6 Å². The van der Waals surface area contributed by atoms with Crippen molar-refractivity contribution >= 4 is 11.8 Å². The summed E-state index contributed by atoms with van der Waals surface area (Å²) in [4.78, 5) is 33.0. The molecule has 1 aromatic heterocycles. The molecule has 0 fully saturated rings. The third kappa shape index (κ3) is 5.09. The minimum Gasteiger partial charge on any atom is -0.352 e. The van der Waals surface area contributed by atoms with Gasteiger partial charge in [0.15, 0.2) is 0 Å². The monoisotopic (exact) mass is 370 g/mol. The molecule has 0 atom stereocenters. The minimum absolute atomic E-state index is 0.150. The second-order valence-corrected chi connectivity index (χ2v) is 6.65. The van der Waals surface area contributed by atoms with Crippen molar-refractivity contribution in [2.45, 2.75) is 45.6 Å². The molecule has 2 N–H and O–H groups in total. The van der Waals surface area contributed by atoms with Crippen molar-refractivity contribution < 1.29 is 14.0 Å². The molecule has 3 rings (SSSR count). The Hall–Kier alpha value is -2.83. The van der Waals surface area contributed by atoms with Crippen molar-refractivity contribution in [3.05, 3.63) is 58.4 Å². The van der Waals surface area contributed by atoms with Crippen LogP contribution in [0.15, 0.2) is 24.3 Å². The lowest BCUT2D eigenvalue weighted by molar-refractivity contribution is -0.121. The number of aromatic nitrogens is 2. The highest BCUT2D eigenvalue weighted by Gasteiger charge is 2.15. The van der Waals surface area contributed by atoms with Crippen molar-refractivity contribution in [3.8, 4) is 0 Å². The predicted molar refractivity (Wildman–Crippen MR) is 98.6 cm³/mol. The van der Waals surface area contributed by atoms with Gasteiger partial charge in [0.05, 0.1) is 6.54 Å². The van der Waals surface area contributed by atoms with Gasteiger partial charge in [-0.25, -0.2) is 14.4 Å². The summed E-state index contributed by atoms with van der Waals surface area (Å²) >= 11 is 0. The molecule has 0 saturated carbocycles. The molecule has 0 spiro atoms. The van der Waals surface area contributed by atoms with E-state index in [1.807, 2.05) is 6.92 Å². The number of hydrogen-bond acceptors (Lipinski definition) is 4. The highest BCUT2D eigenvalue weighted by atomic mass is 19.1. The van der Waals surface area contributed by atoms with Crippen molar-refractivity contribution in [1.82, 2.24) is 20.6 Å². The molecule has 0 saturated heterocycles. The van der Waals surface area contributed by atoms with Crippen molar-refractivity contribution in [3.63, 3.8) is 0 Å². The van der Waals surface area contributed by atoms with Crippen molar-refractivity contribution in [2.24, 2.45) is 0 Å². The lowest BCUT2D eigenvalue weighted by Gasteiger charge is -2.17. The number of nitrogens with zero attached hydrogens (tertiary/aromatic N) is 2. The lowest BCUT2D eigenvalue weighted by atomic mass is 9.95. The van der Waals surface area contributed by atoms with Gasteiger partial charge >= 0.3 is 0 Å². The first-order valence-corrected chi connectivity index (χ1v) is 9.18. The van der Waals surface area contributed by atoms with E-state index in [4.69, 9.17) is 0 Å². The van der Waals surface area contributed by atoms with Crippen molar-refractivity contribution in [2.75, 3.05) is 6.54 Å². The number of amides is 2. The van der Waals surface area contributed by atoms with Gasteiger partial charge in [0.1, 0.15) is 11.6 Å². The Bertz CT molecular complexity index is 837. The Labute approximate surface area is 157 Å². The molecule has 0 unspecified atom stereocenters. The summed E-state index contributed by atoms with van der Waals surface area (Å²) < 4.78 is 12.9. The molecule has 142 valence electrons. The fourth-order valence-electron chi connectivity index (χ4n) is 3.18. The number of benzene rings is 1. The van der Waals surface area contributed by atoms with Gasteiger partial charge in [-0.3, -0.25) is 9.59 Å². The molecule has 1 heterocycles. The van der Waals surface area contributed by atoms with E-state index in [1.54, 1.807) is 0 Å². The first-order valence-electron chi connectivity index (χ1n) is 9.18. The van der Waals surface area contributed by atoms with Gasteiger partial charge in [0.25, 0.3) is 5.91 Å². The maximum absolute atomic E-state index is 12.9. The zero-order valence-corrected chi connectivity index (χ0v) is 15.3. The number of rotatable bonds is 6. The molecule has 7 heteroatoms. The van der Waals surface area contributed by atoms with Crippen LogP contribution in [0, 0.1) is 12.7 Å². The average Bonchev–Trinajstić information content (AvgIpc) is 2.67. The van der Waals surface area contributed by atoms with E-state index < -0.39 is 5.82 Å². The molecule has 1 aromatic carbocycles. The van der Waals surface area contributed by atoms with E-state index in [1.165, 1.54) is 36.2 Å². The number of hydrogen-bond donors (Lipinski definition) is 2. The Kier molecular flexibility index (Phi) is 6.11. The van der Waals surface area contributed by atoms with E-state index >= 15 is 0 Å². The van der Waals surface area contributed by atoms with Gasteiger partial charge in [-0.05, 0) is 62.4 Å². The zero-order valence-electron chi connectivity index (χ0n) is 15.3. The topological polar surface area (TPSA) is 84.0 Å². The SMILES string of the molecule is Cc1nc(CNC(=O)CCNC(=O)c2ccc(F)cc2)nc2c1CCCC2. The summed E-state index contributed by atoms with van der Waals surface area (Å²) in [5, 5.41) is 5.43. The molecular formula is C20H23FN4O2. The fraction of sp³-hybridized carbons (Fsp3) is 0.400. The van der Waals surface area contributed by atoms with Crippen LogP contribution in [0.1, 0.15) is 52.4 Å². The van der Waals surface area contributed by atoms with Gasteiger partial charge in [0, 0.05) is 29.9 Å². The maximum Gasteiger partial charge on any atom is 0.251 e. The van der Waals surface area contributed by atoms with Gasteiger partial charge in [-0.2, -0.15) is 0 Å². The summed E-state index contributed by atoms with van der Waals surface area (Å²) in [5.74, 6) is -0.299. The van der Waals surface area contributed by atoms with Crippen LogP contribution in [-0.2, 0) is 24.2 Å². The fourth-order valence-corrected chi connectivity index (χ4v) is 3.18. The van der Waals surface area contributed by atoms with E-state index in [0.29, 0.717) is 11.4 Å².